The number of amides is 3. The van der Waals surface area contributed by atoms with E-state index in [2.05, 4.69) is 15.6 Å². The number of halogens is 1. The third-order valence-electron chi connectivity index (χ3n) is 4.86. The van der Waals surface area contributed by atoms with Gasteiger partial charge in [0, 0.05) is 24.5 Å². The molecule has 3 amide bonds. The number of hydrogen-bond acceptors (Lipinski definition) is 4. The number of rotatable bonds is 8. The van der Waals surface area contributed by atoms with Gasteiger partial charge >= 0.3 is 6.03 Å². The van der Waals surface area contributed by atoms with Crippen LogP contribution >= 0.6 is 11.6 Å². The van der Waals surface area contributed by atoms with Gasteiger partial charge in [0.15, 0.2) is 0 Å². The number of carbonyl (C=O) groups is 2. The van der Waals surface area contributed by atoms with Gasteiger partial charge in [-0.2, -0.15) is 0 Å². The standard InChI is InChI=1S/C22H24ClN5O3/c1-28-12-11-25-21(28)20(14-7-9-15(31-2)10-8-14)27-19(29)13-18(26-22(24)30)16-5-3-4-6-17(16)23/h3-12,18,20H,13H2,1-2H3,(H,27,29)(H3,24,26,30)/t18-,20+/m0/s1. The molecule has 1 aromatic heterocycles. The first-order chi connectivity index (χ1) is 14.9. The molecule has 9 heteroatoms. The predicted molar refractivity (Wildman–Crippen MR) is 118 cm³/mol. The summed E-state index contributed by atoms with van der Waals surface area (Å²) in [5.41, 5.74) is 6.76. The van der Waals surface area contributed by atoms with Crippen LogP contribution in [-0.2, 0) is 11.8 Å². The van der Waals surface area contributed by atoms with E-state index in [0.717, 1.165) is 5.56 Å². The Balaban J connectivity index is 1.85. The Labute approximate surface area is 185 Å². The number of urea groups is 1. The number of methoxy groups -OCH3 is 1. The van der Waals surface area contributed by atoms with Crippen LogP contribution in [0.2, 0.25) is 5.02 Å². The van der Waals surface area contributed by atoms with Crippen LogP contribution in [0.1, 0.15) is 35.5 Å². The normalized spacial score (nSPS) is 12.6. The first kappa shape index (κ1) is 22.2. The van der Waals surface area contributed by atoms with Crippen molar-refractivity contribution in [2.75, 3.05) is 7.11 Å². The van der Waals surface area contributed by atoms with Crippen molar-refractivity contribution in [1.29, 1.82) is 0 Å². The van der Waals surface area contributed by atoms with Crippen LogP contribution in [0.4, 0.5) is 4.79 Å². The first-order valence-corrected chi connectivity index (χ1v) is 9.97. The van der Waals surface area contributed by atoms with Crippen molar-refractivity contribution in [1.82, 2.24) is 20.2 Å². The van der Waals surface area contributed by atoms with Crippen LogP contribution in [-0.4, -0.2) is 28.6 Å². The highest BCUT2D eigenvalue weighted by atomic mass is 35.5. The number of benzene rings is 2. The van der Waals surface area contributed by atoms with Gasteiger partial charge in [-0.1, -0.05) is 41.9 Å². The monoisotopic (exact) mass is 441 g/mol. The molecule has 2 aromatic carbocycles. The molecule has 0 aliphatic heterocycles. The number of nitrogens with two attached hydrogens (primary N) is 1. The lowest BCUT2D eigenvalue weighted by Crippen LogP contribution is -2.38. The summed E-state index contributed by atoms with van der Waals surface area (Å²) in [5.74, 6) is 1.07. The molecule has 0 aliphatic rings. The van der Waals surface area contributed by atoms with E-state index in [1.807, 2.05) is 35.9 Å². The number of hydrogen-bond donors (Lipinski definition) is 3. The van der Waals surface area contributed by atoms with Crippen LogP contribution in [0.15, 0.2) is 60.9 Å². The molecule has 3 rings (SSSR count). The summed E-state index contributed by atoms with van der Waals surface area (Å²) in [4.78, 5) is 28.9. The minimum Gasteiger partial charge on any atom is -0.497 e. The molecule has 3 aromatic rings. The molecule has 2 atom stereocenters. The molecule has 0 bridgehead atoms. The maximum atomic E-state index is 13.0. The average Bonchev–Trinajstić information content (AvgIpc) is 3.17. The van der Waals surface area contributed by atoms with Gasteiger partial charge in [-0.25, -0.2) is 9.78 Å². The molecule has 162 valence electrons. The number of imidazole rings is 1. The zero-order valence-electron chi connectivity index (χ0n) is 17.2. The summed E-state index contributed by atoms with van der Waals surface area (Å²) in [6, 6.07) is 12.4. The van der Waals surface area contributed by atoms with Crippen molar-refractivity contribution in [2.24, 2.45) is 12.8 Å². The van der Waals surface area contributed by atoms with E-state index < -0.39 is 18.1 Å². The molecular weight excluding hydrogens is 418 g/mol. The van der Waals surface area contributed by atoms with E-state index in [1.165, 1.54) is 0 Å². The summed E-state index contributed by atoms with van der Waals surface area (Å²) in [6.07, 6.45) is 3.42. The second-order valence-corrected chi connectivity index (χ2v) is 7.36. The Kier molecular flexibility index (Phi) is 7.15. The molecule has 0 fully saturated rings. The fraction of sp³-hybridized carbons (Fsp3) is 0.227. The lowest BCUT2D eigenvalue weighted by atomic mass is 10.0. The maximum Gasteiger partial charge on any atom is 0.312 e. The zero-order valence-corrected chi connectivity index (χ0v) is 18.0. The van der Waals surface area contributed by atoms with Gasteiger partial charge in [0.05, 0.1) is 19.6 Å². The van der Waals surface area contributed by atoms with Crippen molar-refractivity contribution >= 4 is 23.5 Å². The molecule has 0 saturated heterocycles. The number of ether oxygens (including phenoxy) is 1. The smallest absolute Gasteiger partial charge is 0.312 e. The highest BCUT2D eigenvalue weighted by molar-refractivity contribution is 6.31. The van der Waals surface area contributed by atoms with Gasteiger partial charge in [0.25, 0.3) is 0 Å². The van der Waals surface area contributed by atoms with Gasteiger partial charge in [0.1, 0.15) is 17.6 Å². The number of nitrogens with zero attached hydrogens (tertiary/aromatic N) is 2. The van der Waals surface area contributed by atoms with E-state index in [1.54, 1.807) is 43.8 Å². The highest BCUT2D eigenvalue weighted by Gasteiger charge is 2.25. The number of primary amides is 1. The SMILES string of the molecule is COc1ccc([C@@H](NC(=O)C[C@H](NC(N)=O)c2ccccc2Cl)c2nccn2C)cc1. The minimum atomic E-state index is -0.742. The quantitative estimate of drug-likeness (QED) is 0.498. The first-order valence-electron chi connectivity index (χ1n) is 9.60. The zero-order chi connectivity index (χ0) is 22.4. The number of nitrogens with one attached hydrogen (secondary N) is 2. The van der Waals surface area contributed by atoms with Crippen LogP contribution in [0, 0.1) is 0 Å². The molecule has 0 unspecified atom stereocenters. The van der Waals surface area contributed by atoms with Crippen LogP contribution in [0.5, 0.6) is 5.75 Å². The number of aromatic nitrogens is 2. The van der Waals surface area contributed by atoms with Crippen LogP contribution < -0.4 is 21.1 Å². The molecule has 0 saturated carbocycles. The molecule has 8 nitrogen and oxygen atoms in total. The Bertz CT molecular complexity index is 1050. The Morgan fingerprint density at radius 1 is 1.16 bits per heavy atom. The fourth-order valence-corrected chi connectivity index (χ4v) is 3.59. The number of aryl methyl sites for hydroxylation is 1. The van der Waals surface area contributed by atoms with Crippen molar-refractivity contribution < 1.29 is 14.3 Å². The number of carbonyl (C=O) groups excluding carboxylic acids is 2. The van der Waals surface area contributed by atoms with Crippen molar-refractivity contribution in [3.63, 3.8) is 0 Å². The van der Waals surface area contributed by atoms with Gasteiger partial charge in [-0.15, -0.1) is 0 Å². The van der Waals surface area contributed by atoms with Crippen molar-refractivity contribution in [3.05, 3.63) is 82.9 Å². The van der Waals surface area contributed by atoms with Crippen molar-refractivity contribution in [2.45, 2.75) is 18.5 Å². The molecule has 0 radical (unpaired) electrons. The second-order valence-electron chi connectivity index (χ2n) is 6.96. The van der Waals surface area contributed by atoms with Gasteiger partial charge in [0.2, 0.25) is 5.91 Å². The predicted octanol–water partition coefficient (Wildman–Crippen LogP) is 3.09. The maximum absolute atomic E-state index is 13.0. The fourth-order valence-electron chi connectivity index (χ4n) is 3.32. The van der Waals surface area contributed by atoms with E-state index in [9.17, 15) is 9.59 Å². The topological polar surface area (TPSA) is 111 Å². The van der Waals surface area contributed by atoms with E-state index >= 15 is 0 Å². The summed E-state index contributed by atoms with van der Waals surface area (Å²) in [7, 11) is 3.44. The minimum absolute atomic E-state index is 0.0518. The summed E-state index contributed by atoms with van der Waals surface area (Å²) in [6.45, 7) is 0. The van der Waals surface area contributed by atoms with Gasteiger partial charge in [-0.3, -0.25) is 4.79 Å². The van der Waals surface area contributed by atoms with E-state index in [0.29, 0.717) is 22.2 Å². The lowest BCUT2D eigenvalue weighted by Gasteiger charge is -2.23. The Morgan fingerprint density at radius 2 is 1.87 bits per heavy atom. The molecule has 31 heavy (non-hydrogen) atoms. The lowest BCUT2D eigenvalue weighted by molar-refractivity contribution is -0.122. The molecule has 4 N–H and O–H groups in total. The molecule has 1 heterocycles. The third-order valence-corrected chi connectivity index (χ3v) is 5.20. The summed E-state index contributed by atoms with van der Waals surface area (Å²) in [5, 5.41) is 6.04. The summed E-state index contributed by atoms with van der Waals surface area (Å²) < 4.78 is 7.06. The Hall–Kier alpha value is -3.52. The molecule has 0 aliphatic carbocycles. The molecule has 0 spiro atoms. The Morgan fingerprint density at radius 3 is 2.45 bits per heavy atom. The third kappa shape index (κ3) is 5.55. The van der Waals surface area contributed by atoms with Crippen molar-refractivity contribution in [3.8, 4) is 5.75 Å². The van der Waals surface area contributed by atoms with Crippen LogP contribution in [0.3, 0.4) is 0 Å². The van der Waals surface area contributed by atoms with E-state index in [4.69, 9.17) is 22.1 Å². The summed E-state index contributed by atoms with van der Waals surface area (Å²) >= 11 is 6.27. The average molecular weight is 442 g/mol. The highest BCUT2D eigenvalue weighted by Crippen LogP contribution is 2.27. The second kappa shape index (κ2) is 9.99. The van der Waals surface area contributed by atoms with Gasteiger partial charge < -0.3 is 25.7 Å². The van der Waals surface area contributed by atoms with E-state index in [-0.39, 0.29) is 12.3 Å². The largest absolute Gasteiger partial charge is 0.497 e. The van der Waals surface area contributed by atoms with Gasteiger partial charge in [-0.05, 0) is 29.3 Å². The van der Waals surface area contributed by atoms with Crippen LogP contribution in [0.25, 0.3) is 0 Å². The molecular formula is C22H24ClN5O3.